The van der Waals surface area contributed by atoms with E-state index in [-0.39, 0.29) is 30.1 Å². The highest BCUT2D eigenvalue weighted by Gasteiger charge is 2.34. The zero-order chi connectivity index (χ0) is 21.0. The van der Waals surface area contributed by atoms with E-state index in [2.05, 4.69) is 41.9 Å². The molecule has 2 aromatic rings. The van der Waals surface area contributed by atoms with Gasteiger partial charge in [0.05, 0.1) is 11.5 Å². The minimum absolute atomic E-state index is 0.0150. The van der Waals surface area contributed by atoms with Crippen LogP contribution in [0.1, 0.15) is 37.3 Å². The third-order valence-corrected chi connectivity index (χ3v) is 7.42. The molecule has 0 saturated carbocycles. The molecule has 7 heteroatoms. The van der Waals surface area contributed by atoms with Crippen LogP contribution in [-0.2, 0) is 21.2 Å². The molecule has 0 N–H and O–H groups in total. The van der Waals surface area contributed by atoms with Gasteiger partial charge in [0.2, 0.25) is 0 Å². The van der Waals surface area contributed by atoms with Crippen LogP contribution in [0.3, 0.4) is 0 Å². The first kappa shape index (κ1) is 21.8. The van der Waals surface area contributed by atoms with Gasteiger partial charge < -0.3 is 9.64 Å². The topological polar surface area (TPSA) is 63.7 Å². The van der Waals surface area contributed by atoms with Crippen molar-refractivity contribution < 1.29 is 17.9 Å². The van der Waals surface area contributed by atoms with E-state index in [0.29, 0.717) is 24.6 Å². The van der Waals surface area contributed by atoms with Crippen molar-refractivity contribution in [1.82, 2.24) is 4.90 Å². The standard InChI is InChI=1S/C22H26BrNO4S/c1-16(2)18-5-3-17(4-6-18)13-24(20-11-12-29(26,27)15-20)22(25)14-28-21-9-7-19(23)8-10-21/h3-10,16,20H,11-15H2,1-2H3/t20-/m0/s1. The lowest BCUT2D eigenvalue weighted by molar-refractivity contribution is -0.136. The number of hydrogen-bond acceptors (Lipinski definition) is 4. The third-order valence-electron chi connectivity index (χ3n) is 5.14. The quantitative estimate of drug-likeness (QED) is 0.597. The zero-order valence-corrected chi connectivity index (χ0v) is 19.1. The second kappa shape index (κ2) is 9.30. The Labute approximate surface area is 181 Å². The van der Waals surface area contributed by atoms with Crippen LogP contribution in [0.25, 0.3) is 0 Å². The zero-order valence-electron chi connectivity index (χ0n) is 16.7. The normalized spacial score (nSPS) is 18.0. The lowest BCUT2D eigenvalue weighted by Crippen LogP contribution is -2.43. The molecule has 1 heterocycles. The number of halogens is 1. The summed E-state index contributed by atoms with van der Waals surface area (Å²) in [6, 6.07) is 15.1. The predicted octanol–water partition coefficient (Wildman–Crippen LogP) is 4.17. The number of benzene rings is 2. The van der Waals surface area contributed by atoms with Gasteiger partial charge in [-0.05, 0) is 47.7 Å². The number of sulfone groups is 1. The van der Waals surface area contributed by atoms with Gasteiger partial charge in [-0.25, -0.2) is 8.42 Å². The van der Waals surface area contributed by atoms with Crippen LogP contribution in [0.15, 0.2) is 53.0 Å². The van der Waals surface area contributed by atoms with E-state index in [0.717, 1.165) is 10.0 Å². The Morgan fingerprint density at radius 1 is 1.14 bits per heavy atom. The monoisotopic (exact) mass is 479 g/mol. The van der Waals surface area contributed by atoms with Crippen molar-refractivity contribution in [1.29, 1.82) is 0 Å². The maximum atomic E-state index is 13.0. The van der Waals surface area contributed by atoms with Crippen molar-refractivity contribution in [2.24, 2.45) is 0 Å². The van der Waals surface area contributed by atoms with Gasteiger partial charge in [0.15, 0.2) is 16.4 Å². The van der Waals surface area contributed by atoms with Gasteiger partial charge >= 0.3 is 0 Å². The molecule has 0 aromatic heterocycles. The van der Waals surface area contributed by atoms with Crippen LogP contribution >= 0.6 is 15.9 Å². The van der Waals surface area contributed by atoms with Crippen LogP contribution in [0.5, 0.6) is 5.75 Å². The van der Waals surface area contributed by atoms with E-state index < -0.39 is 9.84 Å². The molecule has 1 aliphatic rings. The van der Waals surface area contributed by atoms with Crippen molar-refractivity contribution in [2.45, 2.75) is 38.8 Å². The highest BCUT2D eigenvalue weighted by Crippen LogP contribution is 2.22. The van der Waals surface area contributed by atoms with Crippen LogP contribution in [0.4, 0.5) is 0 Å². The number of carbonyl (C=O) groups is 1. The molecule has 1 fully saturated rings. The van der Waals surface area contributed by atoms with Crippen LogP contribution < -0.4 is 4.74 Å². The summed E-state index contributed by atoms with van der Waals surface area (Å²) in [6.45, 7) is 4.52. The summed E-state index contributed by atoms with van der Waals surface area (Å²) in [5.41, 5.74) is 2.21. The highest BCUT2D eigenvalue weighted by molar-refractivity contribution is 9.10. The Hall–Kier alpha value is -1.86. The van der Waals surface area contributed by atoms with Crippen molar-refractivity contribution in [2.75, 3.05) is 18.1 Å². The minimum Gasteiger partial charge on any atom is -0.484 e. The third kappa shape index (κ3) is 6.06. The van der Waals surface area contributed by atoms with E-state index >= 15 is 0 Å². The predicted molar refractivity (Wildman–Crippen MR) is 118 cm³/mol. The average molecular weight is 480 g/mol. The maximum Gasteiger partial charge on any atom is 0.261 e. The average Bonchev–Trinajstić information content (AvgIpc) is 3.05. The SMILES string of the molecule is CC(C)c1ccc(CN(C(=O)COc2ccc(Br)cc2)[C@H]2CCS(=O)(=O)C2)cc1. The lowest BCUT2D eigenvalue weighted by Gasteiger charge is -2.28. The first-order chi connectivity index (χ1) is 13.7. The molecule has 29 heavy (non-hydrogen) atoms. The summed E-state index contributed by atoms with van der Waals surface area (Å²) in [5, 5.41) is 0. The second-order valence-electron chi connectivity index (χ2n) is 7.72. The van der Waals surface area contributed by atoms with Gasteiger partial charge in [-0.2, -0.15) is 0 Å². The molecule has 3 rings (SSSR count). The first-order valence-corrected chi connectivity index (χ1v) is 12.3. The second-order valence-corrected chi connectivity index (χ2v) is 10.9. The van der Waals surface area contributed by atoms with E-state index in [1.54, 1.807) is 17.0 Å². The van der Waals surface area contributed by atoms with Gasteiger partial charge in [0.1, 0.15) is 5.75 Å². The summed E-state index contributed by atoms with van der Waals surface area (Å²) in [7, 11) is -3.10. The molecule has 0 aliphatic carbocycles. The van der Waals surface area contributed by atoms with Crippen LogP contribution in [0.2, 0.25) is 0 Å². The highest BCUT2D eigenvalue weighted by atomic mass is 79.9. The van der Waals surface area contributed by atoms with Gasteiger partial charge in [-0.15, -0.1) is 0 Å². The molecule has 1 saturated heterocycles. The fourth-order valence-corrected chi connectivity index (χ4v) is 5.40. The van der Waals surface area contributed by atoms with Crippen molar-refractivity contribution in [3.63, 3.8) is 0 Å². The van der Waals surface area contributed by atoms with Gasteiger partial charge in [-0.1, -0.05) is 54.0 Å². The fraction of sp³-hybridized carbons (Fsp3) is 0.409. The lowest BCUT2D eigenvalue weighted by atomic mass is 10.0. The Bertz CT molecular complexity index is 940. The Morgan fingerprint density at radius 3 is 2.34 bits per heavy atom. The van der Waals surface area contributed by atoms with E-state index in [1.807, 2.05) is 24.3 Å². The molecule has 0 radical (unpaired) electrons. The fourth-order valence-electron chi connectivity index (χ4n) is 3.41. The van der Waals surface area contributed by atoms with E-state index in [4.69, 9.17) is 4.74 Å². The summed E-state index contributed by atoms with van der Waals surface area (Å²) in [6.07, 6.45) is 0.469. The van der Waals surface area contributed by atoms with Gasteiger partial charge in [0, 0.05) is 17.1 Å². The molecule has 1 amide bonds. The molecule has 5 nitrogen and oxygen atoms in total. The first-order valence-electron chi connectivity index (χ1n) is 9.70. The van der Waals surface area contributed by atoms with E-state index in [9.17, 15) is 13.2 Å². The number of carbonyl (C=O) groups excluding carboxylic acids is 1. The molecular weight excluding hydrogens is 454 g/mol. The summed E-state index contributed by atoms with van der Waals surface area (Å²) in [5.74, 6) is 0.966. The number of amides is 1. The van der Waals surface area contributed by atoms with Gasteiger partial charge in [-0.3, -0.25) is 4.79 Å². The summed E-state index contributed by atoms with van der Waals surface area (Å²) in [4.78, 5) is 14.6. The molecule has 156 valence electrons. The molecule has 0 unspecified atom stereocenters. The van der Waals surface area contributed by atoms with E-state index in [1.165, 1.54) is 5.56 Å². The van der Waals surface area contributed by atoms with Gasteiger partial charge in [0.25, 0.3) is 5.91 Å². The number of ether oxygens (including phenoxy) is 1. The molecule has 1 aliphatic heterocycles. The van der Waals surface area contributed by atoms with Crippen molar-refractivity contribution in [3.8, 4) is 5.75 Å². The summed E-state index contributed by atoms with van der Waals surface area (Å²) >= 11 is 3.37. The van der Waals surface area contributed by atoms with Crippen molar-refractivity contribution in [3.05, 3.63) is 64.1 Å². The molecule has 0 bridgehead atoms. The largest absolute Gasteiger partial charge is 0.484 e. The smallest absolute Gasteiger partial charge is 0.261 e. The van der Waals surface area contributed by atoms with Crippen LogP contribution in [-0.4, -0.2) is 43.4 Å². The minimum atomic E-state index is -3.10. The Morgan fingerprint density at radius 2 is 1.79 bits per heavy atom. The van der Waals surface area contributed by atoms with Crippen LogP contribution in [0, 0.1) is 0 Å². The number of hydrogen-bond donors (Lipinski definition) is 0. The van der Waals surface area contributed by atoms with Crippen molar-refractivity contribution >= 4 is 31.7 Å². The summed E-state index contributed by atoms with van der Waals surface area (Å²) < 4.78 is 30.5. The number of rotatable bonds is 7. The maximum absolute atomic E-state index is 13.0. The molecular formula is C22H26BrNO4S. The number of nitrogens with zero attached hydrogens (tertiary/aromatic N) is 1. The Balaban J connectivity index is 1.73. The molecule has 2 aromatic carbocycles. The molecule has 1 atom stereocenters. The molecule has 0 spiro atoms. The Kier molecular flexibility index (Phi) is 7.01.